The average Bonchev–Trinajstić information content (AvgIpc) is 2.79. The van der Waals surface area contributed by atoms with Gasteiger partial charge < -0.3 is 9.47 Å². The molecule has 0 spiro atoms. The topological polar surface area (TPSA) is 77.0 Å². The number of nitrogens with zero attached hydrogens (tertiary/aromatic N) is 1. The Morgan fingerprint density at radius 3 is 2.26 bits per heavy atom. The molecule has 0 aliphatic rings. The summed E-state index contributed by atoms with van der Waals surface area (Å²) in [7, 11) is 0. The van der Waals surface area contributed by atoms with Crippen LogP contribution in [0, 0.1) is 6.92 Å². The summed E-state index contributed by atoms with van der Waals surface area (Å²) in [5.41, 5.74) is 5.17. The van der Waals surface area contributed by atoms with Crippen LogP contribution in [0.3, 0.4) is 0 Å². The Labute approximate surface area is 180 Å². The van der Waals surface area contributed by atoms with Gasteiger partial charge in [-0.05, 0) is 60.5 Å². The van der Waals surface area contributed by atoms with E-state index < -0.39 is 5.97 Å². The minimum atomic E-state index is -0.467. The third-order valence-electron chi connectivity index (χ3n) is 4.10. The van der Waals surface area contributed by atoms with Crippen LogP contribution < -0.4 is 14.9 Å². The van der Waals surface area contributed by atoms with E-state index in [0.717, 1.165) is 16.7 Å². The minimum Gasteiger partial charge on any atom is -0.484 e. The van der Waals surface area contributed by atoms with Crippen LogP contribution in [0.25, 0.3) is 6.08 Å². The lowest BCUT2D eigenvalue weighted by Crippen LogP contribution is -2.24. The van der Waals surface area contributed by atoms with Gasteiger partial charge in [-0.1, -0.05) is 48.0 Å². The SMILES string of the molecule is Cc1ccc(OCC(=O)N/N=C\c2ccc(OC(=O)/C=C/c3ccccc3)cc2)cc1. The number of hydrogen-bond donors (Lipinski definition) is 1. The van der Waals surface area contributed by atoms with E-state index in [0.29, 0.717) is 11.5 Å². The van der Waals surface area contributed by atoms with Gasteiger partial charge in [0, 0.05) is 6.08 Å². The van der Waals surface area contributed by atoms with Gasteiger partial charge in [0.2, 0.25) is 0 Å². The van der Waals surface area contributed by atoms with Gasteiger partial charge in [-0.2, -0.15) is 5.10 Å². The van der Waals surface area contributed by atoms with Gasteiger partial charge >= 0.3 is 5.97 Å². The zero-order valence-corrected chi connectivity index (χ0v) is 17.0. The van der Waals surface area contributed by atoms with Crippen molar-refractivity contribution >= 4 is 24.2 Å². The standard InChI is InChI=1S/C25H22N2O4/c1-19-7-12-22(13-8-19)30-18-24(28)27-26-17-21-9-14-23(15-10-21)31-25(29)16-11-20-5-3-2-4-6-20/h2-17H,18H2,1H3,(H,27,28)/b16-11+,26-17-. The number of rotatable bonds is 8. The molecule has 0 aromatic heterocycles. The normalized spacial score (nSPS) is 10.9. The van der Waals surface area contributed by atoms with Crippen LogP contribution in [0.2, 0.25) is 0 Å². The number of amides is 1. The molecule has 6 nitrogen and oxygen atoms in total. The molecule has 0 radical (unpaired) electrons. The van der Waals surface area contributed by atoms with Crippen molar-refractivity contribution in [1.82, 2.24) is 5.43 Å². The second-order valence-corrected chi connectivity index (χ2v) is 6.63. The number of hydrogen-bond acceptors (Lipinski definition) is 5. The van der Waals surface area contributed by atoms with Crippen molar-refractivity contribution in [2.75, 3.05) is 6.61 Å². The zero-order valence-electron chi connectivity index (χ0n) is 17.0. The quantitative estimate of drug-likeness (QED) is 0.198. The number of aryl methyl sites for hydroxylation is 1. The first-order valence-corrected chi connectivity index (χ1v) is 9.65. The Hall–Kier alpha value is -4.19. The molecule has 0 aliphatic carbocycles. The molecule has 6 heteroatoms. The smallest absolute Gasteiger partial charge is 0.336 e. The Kier molecular flexibility index (Phi) is 7.71. The first-order valence-electron chi connectivity index (χ1n) is 9.65. The van der Waals surface area contributed by atoms with E-state index in [1.54, 1.807) is 42.5 Å². The largest absolute Gasteiger partial charge is 0.484 e. The summed E-state index contributed by atoms with van der Waals surface area (Å²) in [5.74, 6) is 0.197. The Morgan fingerprint density at radius 1 is 0.871 bits per heavy atom. The molecule has 3 aromatic carbocycles. The summed E-state index contributed by atoms with van der Waals surface area (Å²) in [6.45, 7) is 1.84. The van der Waals surface area contributed by atoms with Crippen molar-refractivity contribution in [2.24, 2.45) is 5.10 Å². The fraction of sp³-hybridized carbons (Fsp3) is 0.0800. The van der Waals surface area contributed by atoms with Crippen LogP contribution in [-0.4, -0.2) is 24.7 Å². The molecule has 1 N–H and O–H groups in total. The molecule has 0 saturated carbocycles. The van der Waals surface area contributed by atoms with Crippen LogP contribution in [0.15, 0.2) is 90.0 Å². The highest BCUT2D eigenvalue weighted by atomic mass is 16.5. The van der Waals surface area contributed by atoms with Crippen molar-refractivity contribution in [1.29, 1.82) is 0 Å². The molecule has 0 fully saturated rings. The third kappa shape index (κ3) is 7.62. The molecular weight excluding hydrogens is 392 g/mol. The Balaban J connectivity index is 1.42. The number of carbonyl (C=O) groups is 2. The number of hydrazone groups is 1. The lowest BCUT2D eigenvalue weighted by molar-refractivity contribution is -0.129. The number of ether oxygens (including phenoxy) is 2. The minimum absolute atomic E-state index is 0.133. The molecule has 156 valence electrons. The fourth-order valence-corrected chi connectivity index (χ4v) is 2.49. The van der Waals surface area contributed by atoms with Crippen molar-refractivity contribution in [3.8, 4) is 11.5 Å². The number of benzene rings is 3. The molecule has 0 aliphatic heterocycles. The third-order valence-corrected chi connectivity index (χ3v) is 4.10. The molecule has 0 heterocycles. The van der Waals surface area contributed by atoms with Crippen molar-refractivity contribution in [3.63, 3.8) is 0 Å². The van der Waals surface area contributed by atoms with Gasteiger partial charge in [-0.15, -0.1) is 0 Å². The van der Waals surface area contributed by atoms with E-state index in [1.165, 1.54) is 12.3 Å². The molecule has 0 unspecified atom stereocenters. The molecule has 0 saturated heterocycles. The maximum absolute atomic E-state index is 11.9. The summed E-state index contributed by atoms with van der Waals surface area (Å²) in [6, 6.07) is 23.7. The lowest BCUT2D eigenvalue weighted by atomic mass is 10.2. The first-order chi connectivity index (χ1) is 15.1. The molecule has 0 atom stereocenters. The highest BCUT2D eigenvalue weighted by Crippen LogP contribution is 2.12. The lowest BCUT2D eigenvalue weighted by Gasteiger charge is -2.05. The number of nitrogens with one attached hydrogen (secondary N) is 1. The van der Waals surface area contributed by atoms with Gasteiger partial charge in [-0.3, -0.25) is 4.79 Å². The summed E-state index contributed by atoms with van der Waals surface area (Å²) in [4.78, 5) is 23.7. The van der Waals surface area contributed by atoms with E-state index in [2.05, 4.69) is 10.5 Å². The van der Waals surface area contributed by atoms with Crippen LogP contribution >= 0.6 is 0 Å². The summed E-state index contributed by atoms with van der Waals surface area (Å²) < 4.78 is 10.6. The molecule has 0 bridgehead atoms. The van der Waals surface area contributed by atoms with E-state index in [9.17, 15) is 9.59 Å². The van der Waals surface area contributed by atoms with Gasteiger partial charge in [0.1, 0.15) is 11.5 Å². The van der Waals surface area contributed by atoms with Crippen molar-refractivity contribution in [3.05, 3.63) is 102 Å². The monoisotopic (exact) mass is 414 g/mol. The summed E-state index contributed by atoms with van der Waals surface area (Å²) in [6.07, 6.45) is 4.55. The molecular formula is C25H22N2O4. The highest BCUT2D eigenvalue weighted by Gasteiger charge is 2.02. The average molecular weight is 414 g/mol. The van der Waals surface area contributed by atoms with Gasteiger partial charge in [0.05, 0.1) is 6.21 Å². The fourth-order valence-electron chi connectivity index (χ4n) is 2.49. The van der Waals surface area contributed by atoms with E-state index >= 15 is 0 Å². The molecule has 1 amide bonds. The number of carbonyl (C=O) groups excluding carboxylic acids is 2. The van der Waals surface area contributed by atoms with E-state index in [1.807, 2.05) is 49.4 Å². The maximum Gasteiger partial charge on any atom is 0.336 e. The first kappa shape index (κ1) is 21.5. The van der Waals surface area contributed by atoms with Crippen molar-refractivity contribution in [2.45, 2.75) is 6.92 Å². The van der Waals surface area contributed by atoms with Crippen molar-refractivity contribution < 1.29 is 19.1 Å². The van der Waals surface area contributed by atoms with Gasteiger partial charge in [-0.25, -0.2) is 10.2 Å². The summed E-state index contributed by atoms with van der Waals surface area (Å²) >= 11 is 0. The van der Waals surface area contributed by atoms with Crippen LogP contribution in [0.5, 0.6) is 11.5 Å². The summed E-state index contributed by atoms with van der Waals surface area (Å²) in [5, 5.41) is 3.90. The van der Waals surface area contributed by atoms with Gasteiger partial charge in [0.25, 0.3) is 5.91 Å². The molecule has 3 rings (SSSR count). The number of esters is 1. The van der Waals surface area contributed by atoms with Crippen LogP contribution in [-0.2, 0) is 9.59 Å². The van der Waals surface area contributed by atoms with Crippen LogP contribution in [0.1, 0.15) is 16.7 Å². The second kappa shape index (κ2) is 11.1. The van der Waals surface area contributed by atoms with E-state index in [-0.39, 0.29) is 12.5 Å². The molecule has 31 heavy (non-hydrogen) atoms. The van der Waals surface area contributed by atoms with E-state index in [4.69, 9.17) is 9.47 Å². The van der Waals surface area contributed by atoms with Gasteiger partial charge in [0.15, 0.2) is 6.61 Å². The highest BCUT2D eigenvalue weighted by molar-refractivity contribution is 5.89. The van der Waals surface area contributed by atoms with Crippen LogP contribution in [0.4, 0.5) is 0 Å². The second-order valence-electron chi connectivity index (χ2n) is 6.63. The predicted octanol–water partition coefficient (Wildman–Crippen LogP) is 4.14. The Morgan fingerprint density at radius 2 is 1.55 bits per heavy atom. The Bertz CT molecular complexity index is 1060. The molecule has 3 aromatic rings. The zero-order chi connectivity index (χ0) is 21.9. The maximum atomic E-state index is 11.9. The predicted molar refractivity (Wildman–Crippen MR) is 120 cm³/mol.